The van der Waals surface area contributed by atoms with Crippen LogP contribution in [0, 0.1) is 0 Å². The number of nitrogens with zero attached hydrogens (tertiary/aromatic N) is 2. The molecule has 0 fully saturated rings. The van der Waals surface area contributed by atoms with E-state index in [9.17, 15) is 14.2 Å². The van der Waals surface area contributed by atoms with E-state index in [4.69, 9.17) is 11.5 Å². The zero-order chi connectivity index (χ0) is 23.6. The van der Waals surface area contributed by atoms with Crippen LogP contribution in [0.4, 0.5) is 11.5 Å². The second-order valence-corrected chi connectivity index (χ2v) is 11.5. The fraction of sp³-hybridized carbons (Fsp3) is 0.261. The molecule has 2 amide bonds. The van der Waals surface area contributed by atoms with Gasteiger partial charge in [-0.3, -0.25) is 9.59 Å². The molecule has 0 saturated heterocycles. The molecule has 0 spiro atoms. The van der Waals surface area contributed by atoms with Crippen molar-refractivity contribution in [3.8, 4) is 11.3 Å². The van der Waals surface area contributed by atoms with E-state index in [1.165, 1.54) is 0 Å². The van der Waals surface area contributed by atoms with Gasteiger partial charge in [0.25, 0.3) is 5.91 Å². The van der Waals surface area contributed by atoms with Gasteiger partial charge in [-0.15, -0.1) is 0 Å². The molecule has 8 nitrogen and oxygen atoms in total. The molecule has 0 saturated carbocycles. The van der Waals surface area contributed by atoms with Crippen LogP contribution in [0.15, 0.2) is 48.5 Å². The van der Waals surface area contributed by atoms with Crippen molar-refractivity contribution in [1.82, 2.24) is 9.78 Å². The first-order valence-electron chi connectivity index (χ1n) is 10.2. The number of benzene rings is 2. The van der Waals surface area contributed by atoms with Crippen LogP contribution in [-0.2, 0) is 15.8 Å². The normalized spacial score (nSPS) is 11.5. The Labute approximate surface area is 187 Å². The third-order valence-electron chi connectivity index (χ3n) is 5.05. The largest absolute Gasteiger partial charge is 0.383 e. The number of nitrogens with one attached hydrogen (secondary N) is 1. The second kappa shape index (κ2) is 9.01. The summed E-state index contributed by atoms with van der Waals surface area (Å²) in [6.07, 6.45) is 0.174. The van der Waals surface area contributed by atoms with Gasteiger partial charge >= 0.3 is 0 Å². The van der Waals surface area contributed by atoms with Crippen molar-refractivity contribution in [3.63, 3.8) is 0 Å². The Bertz CT molecular complexity index is 1190. The van der Waals surface area contributed by atoms with Crippen molar-refractivity contribution in [2.75, 3.05) is 24.4 Å². The summed E-state index contributed by atoms with van der Waals surface area (Å²) in [4.78, 5) is 24.4. The zero-order valence-electron chi connectivity index (χ0n) is 18.6. The van der Waals surface area contributed by atoms with E-state index in [1.54, 1.807) is 66.5 Å². The molecular formula is C23H28N5O3P. The summed E-state index contributed by atoms with van der Waals surface area (Å²) in [5, 5.41) is 8.07. The van der Waals surface area contributed by atoms with Crippen molar-refractivity contribution in [2.24, 2.45) is 5.73 Å². The lowest BCUT2D eigenvalue weighted by atomic mass is 10.0. The summed E-state index contributed by atoms with van der Waals surface area (Å²) < 4.78 is 13.7. The van der Waals surface area contributed by atoms with E-state index in [-0.39, 0.29) is 29.8 Å². The summed E-state index contributed by atoms with van der Waals surface area (Å²) in [6.45, 7) is 7.24. The van der Waals surface area contributed by atoms with Gasteiger partial charge in [0.05, 0.1) is 6.42 Å². The fourth-order valence-electron chi connectivity index (χ4n) is 3.36. The quantitative estimate of drug-likeness (QED) is 0.472. The maximum atomic E-state index is 12.4. The number of nitrogens with two attached hydrogens (primary N) is 2. The number of amides is 2. The molecule has 0 bridgehead atoms. The summed E-state index contributed by atoms with van der Waals surface area (Å²) >= 11 is 0. The van der Waals surface area contributed by atoms with Crippen molar-refractivity contribution in [3.05, 3.63) is 59.7 Å². The van der Waals surface area contributed by atoms with Gasteiger partial charge in [-0.25, -0.2) is 4.68 Å². The summed E-state index contributed by atoms with van der Waals surface area (Å²) in [6, 6.07) is 14.2. The number of carbonyl (C=O) groups is 2. The number of anilines is 2. The summed E-state index contributed by atoms with van der Waals surface area (Å²) in [5.41, 5.74) is 14.3. The molecule has 1 aromatic heterocycles. The van der Waals surface area contributed by atoms with Gasteiger partial charge in [-0.1, -0.05) is 24.3 Å². The molecule has 3 aromatic rings. The minimum Gasteiger partial charge on any atom is -0.383 e. The highest BCUT2D eigenvalue weighted by atomic mass is 31.2. The summed E-state index contributed by atoms with van der Waals surface area (Å²) in [7, 11) is -2.33. The van der Waals surface area contributed by atoms with Crippen LogP contribution >= 0.6 is 7.14 Å². The van der Waals surface area contributed by atoms with E-state index in [1.807, 2.05) is 13.8 Å². The lowest BCUT2D eigenvalue weighted by Crippen LogP contribution is -2.15. The highest BCUT2D eigenvalue weighted by Crippen LogP contribution is 2.34. The number of hydrogen-bond acceptors (Lipinski definition) is 5. The van der Waals surface area contributed by atoms with Crippen molar-refractivity contribution in [2.45, 2.75) is 26.3 Å². The molecule has 3 rings (SSSR count). The van der Waals surface area contributed by atoms with E-state index in [0.29, 0.717) is 16.9 Å². The smallest absolute Gasteiger partial charge is 0.254 e. The van der Waals surface area contributed by atoms with Crippen LogP contribution in [-0.4, -0.2) is 34.9 Å². The molecule has 5 N–H and O–H groups in total. The van der Waals surface area contributed by atoms with Crippen LogP contribution in [0.25, 0.3) is 11.3 Å². The van der Waals surface area contributed by atoms with Gasteiger partial charge in [0.1, 0.15) is 24.2 Å². The zero-order valence-corrected chi connectivity index (χ0v) is 19.5. The molecule has 0 atom stereocenters. The van der Waals surface area contributed by atoms with Crippen molar-refractivity contribution >= 4 is 35.8 Å². The highest BCUT2D eigenvalue weighted by Gasteiger charge is 2.22. The minimum atomic E-state index is -2.33. The summed E-state index contributed by atoms with van der Waals surface area (Å²) in [5.74, 6) is -0.575. The molecule has 168 valence electrons. The third-order valence-corrected chi connectivity index (χ3v) is 6.59. The Morgan fingerprint density at radius 3 is 2.16 bits per heavy atom. The highest BCUT2D eigenvalue weighted by molar-refractivity contribution is 7.70. The number of hydrogen-bond donors (Lipinski definition) is 3. The van der Waals surface area contributed by atoms with E-state index < -0.39 is 13.0 Å². The van der Waals surface area contributed by atoms with Crippen LogP contribution in [0.5, 0.6) is 0 Å². The van der Waals surface area contributed by atoms with E-state index in [2.05, 4.69) is 10.4 Å². The molecule has 0 aliphatic rings. The molecule has 0 unspecified atom stereocenters. The molecule has 32 heavy (non-hydrogen) atoms. The second-order valence-electron chi connectivity index (χ2n) is 8.33. The number of nitrogen functional groups attached to an aromatic ring is 1. The minimum absolute atomic E-state index is 0.0273. The first-order valence-corrected chi connectivity index (χ1v) is 12.8. The SMILES string of the molecule is CC(C)n1nc(-c2ccc(CC(=O)Nc3ccc(P(C)(C)=O)cc3)cc2)c(C(N)=O)c1N. The maximum absolute atomic E-state index is 12.4. The molecule has 1 heterocycles. The Morgan fingerprint density at radius 2 is 1.66 bits per heavy atom. The van der Waals surface area contributed by atoms with Gasteiger partial charge < -0.3 is 21.3 Å². The van der Waals surface area contributed by atoms with Crippen molar-refractivity contribution in [1.29, 1.82) is 0 Å². The monoisotopic (exact) mass is 453 g/mol. The van der Waals surface area contributed by atoms with Crippen LogP contribution in [0.1, 0.15) is 35.8 Å². The molecule has 0 aliphatic carbocycles. The van der Waals surface area contributed by atoms with Crippen molar-refractivity contribution < 1.29 is 14.2 Å². The molecule has 0 aliphatic heterocycles. The molecule has 9 heteroatoms. The predicted molar refractivity (Wildman–Crippen MR) is 129 cm³/mol. The Balaban J connectivity index is 1.74. The Morgan fingerprint density at radius 1 is 1.06 bits per heavy atom. The third kappa shape index (κ3) is 5.08. The van der Waals surface area contributed by atoms with Crippen LogP contribution < -0.4 is 22.1 Å². The molecule has 0 radical (unpaired) electrons. The Hall–Kier alpha value is -3.38. The molecule has 2 aromatic carbocycles. The average Bonchev–Trinajstić information content (AvgIpc) is 3.06. The fourth-order valence-corrected chi connectivity index (χ4v) is 4.23. The van der Waals surface area contributed by atoms with Gasteiger partial charge in [0, 0.05) is 22.6 Å². The van der Waals surface area contributed by atoms with Gasteiger partial charge in [-0.2, -0.15) is 5.10 Å². The number of carbonyl (C=O) groups excluding carboxylic acids is 2. The van der Waals surface area contributed by atoms with Crippen LogP contribution in [0.3, 0.4) is 0 Å². The Kier molecular flexibility index (Phi) is 6.55. The first kappa shape index (κ1) is 23.3. The maximum Gasteiger partial charge on any atom is 0.254 e. The average molecular weight is 453 g/mol. The molecular weight excluding hydrogens is 425 g/mol. The topological polar surface area (TPSA) is 133 Å². The van der Waals surface area contributed by atoms with Gasteiger partial charge in [0.2, 0.25) is 5.91 Å². The lowest BCUT2D eigenvalue weighted by molar-refractivity contribution is -0.115. The lowest BCUT2D eigenvalue weighted by Gasteiger charge is -2.09. The predicted octanol–water partition coefficient (Wildman–Crippen LogP) is 3.24. The van der Waals surface area contributed by atoms with Gasteiger partial charge in [0.15, 0.2) is 0 Å². The standard InChI is InChI=1S/C23H28N5O3P/c1-14(2)28-22(24)20(23(25)30)21(27-28)16-7-5-15(6-8-16)13-19(29)26-17-9-11-18(12-10-17)32(3,4)31/h5-12,14H,13,24H2,1-4H3,(H2,25,30)(H,26,29). The number of primary amides is 1. The number of rotatable bonds is 7. The first-order chi connectivity index (χ1) is 15.0. The van der Waals surface area contributed by atoms with E-state index in [0.717, 1.165) is 10.9 Å². The number of aromatic nitrogens is 2. The van der Waals surface area contributed by atoms with E-state index >= 15 is 0 Å². The van der Waals surface area contributed by atoms with Gasteiger partial charge in [-0.05, 0) is 57.0 Å². The van der Waals surface area contributed by atoms with Crippen LogP contribution in [0.2, 0.25) is 0 Å².